The highest BCUT2D eigenvalue weighted by molar-refractivity contribution is 14.1. The molecule has 1 rings (SSSR count). The monoisotopic (exact) mass is 321 g/mol. The second-order valence-corrected chi connectivity index (χ2v) is 3.95. The lowest BCUT2D eigenvalue weighted by Gasteiger charge is -2.12. The quantitative estimate of drug-likeness (QED) is 0.860. The SMILES string of the molecule is CCOc1c(I)cc(C(N)=O)cc1OC. The van der Waals surface area contributed by atoms with Gasteiger partial charge in [-0.1, -0.05) is 0 Å². The lowest BCUT2D eigenvalue weighted by atomic mass is 10.2. The van der Waals surface area contributed by atoms with Gasteiger partial charge in [0, 0.05) is 5.56 Å². The molecule has 1 amide bonds. The average molecular weight is 321 g/mol. The number of nitrogens with two attached hydrogens (primary N) is 1. The Balaban J connectivity index is 3.24. The Kier molecular flexibility index (Phi) is 4.19. The predicted molar refractivity (Wildman–Crippen MR) is 65.4 cm³/mol. The van der Waals surface area contributed by atoms with Crippen molar-refractivity contribution >= 4 is 28.5 Å². The van der Waals surface area contributed by atoms with Crippen molar-refractivity contribution in [1.82, 2.24) is 0 Å². The van der Waals surface area contributed by atoms with Crippen molar-refractivity contribution in [2.45, 2.75) is 6.92 Å². The minimum absolute atomic E-state index is 0.416. The van der Waals surface area contributed by atoms with Crippen LogP contribution in [0, 0.1) is 3.57 Å². The molecule has 0 spiro atoms. The molecule has 0 radical (unpaired) electrons. The van der Waals surface area contributed by atoms with Crippen LogP contribution in [0.2, 0.25) is 0 Å². The molecular formula is C10H12INO3. The van der Waals surface area contributed by atoms with Gasteiger partial charge in [0.25, 0.3) is 0 Å². The maximum Gasteiger partial charge on any atom is 0.248 e. The van der Waals surface area contributed by atoms with Crippen molar-refractivity contribution in [2.24, 2.45) is 5.73 Å². The number of hydrogen-bond acceptors (Lipinski definition) is 3. The fourth-order valence-corrected chi connectivity index (χ4v) is 1.90. The van der Waals surface area contributed by atoms with E-state index in [2.05, 4.69) is 22.6 Å². The van der Waals surface area contributed by atoms with Crippen molar-refractivity contribution in [3.8, 4) is 11.5 Å². The molecule has 0 aliphatic carbocycles. The van der Waals surface area contributed by atoms with E-state index in [1.807, 2.05) is 6.92 Å². The molecule has 82 valence electrons. The summed E-state index contributed by atoms with van der Waals surface area (Å²) in [6, 6.07) is 3.26. The second-order valence-electron chi connectivity index (χ2n) is 2.79. The van der Waals surface area contributed by atoms with Crippen molar-refractivity contribution in [2.75, 3.05) is 13.7 Å². The summed E-state index contributed by atoms with van der Waals surface area (Å²) >= 11 is 2.08. The molecule has 4 nitrogen and oxygen atoms in total. The van der Waals surface area contributed by atoms with Gasteiger partial charge in [0.05, 0.1) is 17.3 Å². The first-order chi connectivity index (χ1) is 7.10. The van der Waals surface area contributed by atoms with Crippen LogP contribution in [-0.4, -0.2) is 19.6 Å². The third-order valence-corrected chi connectivity index (χ3v) is 2.60. The molecule has 0 bridgehead atoms. The van der Waals surface area contributed by atoms with Crippen LogP contribution in [0.1, 0.15) is 17.3 Å². The van der Waals surface area contributed by atoms with Gasteiger partial charge in [-0.25, -0.2) is 0 Å². The Bertz CT molecular complexity index is 379. The molecule has 0 aliphatic heterocycles. The molecule has 0 atom stereocenters. The molecule has 0 saturated carbocycles. The van der Waals surface area contributed by atoms with Gasteiger partial charge in [0.15, 0.2) is 11.5 Å². The smallest absolute Gasteiger partial charge is 0.248 e. The Labute approximate surface area is 102 Å². The third-order valence-electron chi connectivity index (χ3n) is 1.80. The van der Waals surface area contributed by atoms with Crippen molar-refractivity contribution < 1.29 is 14.3 Å². The van der Waals surface area contributed by atoms with E-state index < -0.39 is 5.91 Å². The average Bonchev–Trinajstić information content (AvgIpc) is 2.20. The van der Waals surface area contributed by atoms with Crippen molar-refractivity contribution in [3.63, 3.8) is 0 Å². The number of methoxy groups -OCH3 is 1. The fourth-order valence-electron chi connectivity index (χ4n) is 1.15. The van der Waals surface area contributed by atoms with Gasteiger partial charge in [-0.3, -0.25) is 4.79 Å². The highest BCUT2D eigenvalue weighted by Crippen LogP contribution is 2.33. The van der Waals surface area contributed by atoms with Gasteiger partial charge < -0.3 is 15.2 Å². The first-order valence-electron chi connectivity index (χ1n) is 4.40. The Hall–Kier alpha value is -0.980. The topological polar surface area (TPSA) is 61.5 Å². The highest BCUT2D eigenvalue weighted by atomic mass is 127. The summed E-state index contributed by atoms with van der Waals surface area (Å²) in [4.78, 5) is 11.0. The Morgan fingerprint density at radius 3 is 2.67 bits per heavy atom. The third kappa shape index (κ3) is 2.74. The number of ether oxygens (including phenoxy) is 2. The van der Waals surface area contributed by atoms with Crippen LogP contribution in [0.5, 0.6) is 11.5 Å². The number of benzene rings is 1. The summed E-state index contributed by atoms with van der Waals surface area (Å²) in [5.41, 5.74) is 5.61. The number of carbonyl (C=O) groups is 1. The molecular weight excluding hydrogens is 309 g/mol. The molecule has 0 saturated heterocycles. The van der Waals surface area contributed by atoms with Crippen molar-refractivity contribution in [3.05, 3.63) is 21.3 Å². The van der Waals surface area contributed by atoms with Gasteiger partial charge >= 0.3 is 0 Å². The molecule has 0 aromatic heterocycles. The first-order valence-corrected chi connectivity index (χ1v) is 5.48. The molecule has 15 heavy (non-hydrogen) atoms. The molecule has 1 aromatic rings. The Morgan fingerprint density at radius 2 is 2.20 bits per heavy atom. The molecule has 1 aromatic carbocycles. The van der Waals surface area contributed by atoms with E-state index in [9.17, 15) is 4.79 Å². The predicted octanol–water partition coefficient (Wildman–Crippen LogP) is 1.80. The summed E-state index contributed by atoms with van der Waals surface area (Å²) < 4.78 is 11.3. The lowest BCUT2D eigenvalue weighted by molar-refractivity contribution is 0.1000. The van der Waals surface area contributed by atoms with E-state index >= 15 is 0 Å². The largest absolute Gasteiger partial charge is 0.493 e. The van der Waals surface area contributed by atoms with Crippen LogP contribution in [-0.2, 0) is 0 Å². The zero-order chi connectivity index (χ0) is 11.4. The fraction of sp³-hybridized carbons (Fsp3) is 0.300. The normalized spacial score (nSPS) is 9.80. The minimum Gasteiger partial charge on any atom is -0.493 e. The van der Waals surface area contributed by atoms with Crippen LogP contribution in [0.3, 0.4) is 0 Å². The first kappa shape index (κ1) is 12.1. The van der Waals surface area contributed by atoms with E-state index in [0.29, 0.717) is 23.7 Å². The number of halogens is 1. The van der Waals surface area contributed by atoms with Gasteiger partial charge in [-0.2, -0.15) is 0 Å². The van der Waals surface area contributed by atoms with Crippen LogP contribution in [0.25, 0.3) is 0 Å². The minimum atomic E-state index is -0.478. The highest BCUT2D eigenvalue weighted by Gasteiger charge is 2.13. The molecule has 2 N–H and O–H groups in total. The van der Waals surface area contributed by atoms with E-state index in [-0.39, 0.29) is 0 Å². The second kappa shape index (κ2) is 5.20. The van der Waals surface area contributed by atoms with Crippen molar-refractivity contribution in [1.29, 1.82) is 0 Å². The van der Waals surface area contributed by atoms with Crippen LogP contribution < -0.4 is 15.2 Å². The summed E-state index contributed by atoms with van der Waals surface area (Å²) in [7, 11) is 1.53. The van der Waals surface area contributed by atoms with E-state index in [0.717, 1.165) is 3.57 Å². The van der Waals surface area contributed by atoms with E-state index in [4.69, 9.17) is 15.2 Å². The van der Waals surface area contributed by atoms with E-state index in [1.54, 1.807) is 12.1 Å². The number of amides is 1. The maximum absolute atomic E-state index is 11.0. The summed E-state index contributed by atoms with van der Waals surface area (Å²) in [6.45, 7) is 2.43. The van der Waals surface area contributed by atoms with Crippen LogP contribution in [0.4, 0.5) is 0 Å². The number of primary amides is 1. The van der Waals surface area contributed by atoms with E-state index in [1.165, 1.54) is 7.11 Å². The summed E-state index contributed by atoms with van der Waals surface area (Å²) in [5, 5.41) is 0. The lowest BCUT2D eigenvalue weighted by Crippen LogP contribution is -2.12. The molecule has 0 fully saturated rings. The molecule has 5 heteroatoms. The molecule has 0 heterocycles. The van der Waals surface area contributed by atoms with Gasteiger partial charge in [0.1, 0.15) is 0 Å². The number of hydrogen-bond donors (Lipinski definition) is 1. The van der Waals surface area contributed by atoms with Crippen LogP contribution in [0.15, 0.2) is 12.1 Å². The zero-order valence-electron chi connectivity index (χ0n) is 8.54. The van der Waals surface area contributed by atoms with Gasteiger partial charge in [0.2, 0.25) is 5.91 Å². The maximum atomic E-state index is 11.0. The van der Waals surface area contributed by atoms with Crippen LogP contribution >= 0.6 is 22.6 Å². The standard InChI is InChI=1S/C10H12INO3/c1-3-15-9-7(11)4-6(10(12)13)5-8(9)14-2/h4-5H,3H2,1-2H3,(H2,12,13). The summed E-state index contributed by atoms with van der Waals surface area (Å²) in [6.07, 6.45) is 0. The number of carbonyl (C=O) groups excluding carboxylic acids is 1. The Morgan fingerprint density at radius 1 is 1.53 bits per heavy atom. The number of rotatable bonds is 4. The summed E-state index contributed by atoms with van der Waals surface area (Å²) in [5.74, 6) is 0.692. The molecule has 0 aliphatic rings. The zero-order valence-corrected chi connectivity index (χ0v) is 10.7. The van der Waals surface area contributed by atoms with Gasteiger partial charge in [-0.05, 0) is 41.6 Å². The molecule has 0 unspecified atom stereocenters. The van der Waals surface area contributed by atoms with Gasteiger partial charge in [-0.15, -0.1) is 0 Å².